The van der Waals surface area contributed by atoms with Gasteiger partial charge in [0.1, 0.15) is 0 Å². The van der Waals surface area contributed by atoms with Crippen LogP contribution < -0.4 is 5.32 Å². The van der Waals surface area contributed by atoms with Crippen LogP contribution in [0.15, 0.2) is 24.3 Å². The van der Waals surface area contributed by atoms with E-state index in [1.165, 1.54) is 11.1 Å². The first-order valence-corrected chi connectivity index (χ1v) is 6.91. The first-order chi connectivity index (χ1) is 8.69. The van der Waals surface area contributed by atoms with Gasteiger partial charge >= 0.3 is 0 Å². The SMILES string of the molecule is CN1CCC(O)(C2NCCc3ccccc32)CC1. The van der Waals surface area contributed by atoms with Crippen LogP contribution in [-0.4, -0.2) is 42.3 Å². The second kappa shape index (κ2) is 4.65. The van der Waals surface area contributed by atoms with Crippen molar-refractivity contribution in [2.45, 2.75) is 30.9 Å². The molecule has 98 valence electrons. The molecular weight excluding hydrogens is 224 g/mol. The second-order valence-electron chi connectivity index (χ2n) is 5.74. The van der Waals surface area contributed by atoms with E-state index in [0.717, 1.165) is 38.9 Å². The van der Waals surface area contributed by atoms with Crippen molar-refractivity contribution in [1.82, 2.24) is 10.2 Å². The Kier molecular flexibility index (Phi) is 3.14. The Morgan fingerprint density at radius 3 is 2.78 bits per heavy atom. The first-order valence-electron chi connectivity index (χ1n) is 6.91. The fourth-order valence-electron chi connectivity index (χ4n) is 3.28. The summed E-state index contributed by atoms with van der Waals surface area (Å²) in [6, 6.07) is 8.65. The Morgan fingerprint density at radius 1 is 1.28 bits per heavy atom. The van der Waals surface area contributed by atoms with Crippen molar-refractivity contribution in [3.63, 3.8) is 0 Å². The molecule has 3 nitrogen and oxygen atoms in total. The van der Waals surface area contributed by atoms with Gasteiger partial charge < -0.3 is 15.3 Å². The minimum absolute atomic E-state index is 0.108. The number of likely N-dealkylation sites (tertiary alicyclic amines) is 1. The number of rotatable bonds is 1. The summed E-state index contributed by atoms with van der Waals surface area (Å²) < 4.78 is 0. The summed E-state index contributed by atoms with van der Waals surface area (Å²) >= 11 is 0. The maximum atomic E-state index is 11.0. The lowest BCUT2D eigenvalue weighted by Gasteiger charge is -2.44. The highest BCUT2D eigenvalue weighted by atomic mass is 16.3. The Bertz CT molecular complexity index is 424. The molecule has 2 heterocycles. The molecule has 2 aliphatic rings. The van der Waals surface area contributed by atoms with Crippen molar-refractivity contribution in [3.05, 3.63) is 35.4 Å². The van der Waals surface area contributed by atoms with Crippen molar-refractivity contribution in [2.75, 3.05) is 26.7 Å². The van der Waals surface area contributed by atoms with E-state index in [2.05, 4.69) is 41.5 Å². The van der Waals surface area contributed by atoms with E-state index in [-0.39, 0.29) is 6.04 Å². The van der Waals surface area contributed by atoms with Gasteiger partial charge in [-0.2, -0.15) is 0 Å². The number of aliphatic hydroxyl groups is 1. The van der Waals surface area contributed by atoms with Crippen molar-refractivity contribution < 1.29 is 5.11 Å². The maximum absolute atomic E-state index is 11.0. The molecule has 0 radical (unpaired) electrons. The zero-order valence-electron chi connectivity index (χ0n) is 11.0. The molecule has 1 saturated heterocycles. The van der Waals surface area contributed by atoms with Crippen molar-refractivity contribution in [3.8, 4) is 0 Å². The van der Waals surface area contributed by atoms with E-state index < -0.39 is 5.60 Å². The third-order valence-corrected chi connectivity index (χ3v) is 4.50. The Balaban J connectivity index is 1.89. The third-order valence-electron chi connectivity index (χ3n) is 4.50. The topological polar surface area (TPSA) is 35.5 Å². The smallest absolute Gasteiger partial charge is 0.0866 e. The molecule has 0 amide bonds. The molecule has 0 aliphatic carbocycles. The fourth-order valence-corrected chi connectivity index (χ4v) is 3.28. The second-order valence-corrected chi connectivity index (χ2v) is 5.74. The van der Waals surface area contributed by atoms with E-state index in [0.29, 0.717) is 0 Å². The molecule has 1 aromatic carbocycles. The molecule has 3 heteroatoms. The summed E-state index contributed by atoms with van der Waals surface area (Å²) in [4.78, 5) is 2.29. The molecule has 0 saturated carbocycles. The predicted molar refractivity (Wildman–Crippen MR) is 72.6 cm³/mol. The summed E-state index contributed by atoms with van der Waals surface area (Å²) in [5.74, 6) is 0. The van der Waals surface area contributed by atoms with Crippen LogP contribution in [0, 0.1) is 0 Å². The molecule has 0 bridgehead atoms. The van der Waals surface area contributed by atoms with Crippen LogP contribution in [0.3, 0.4) is 0 Å². The minimum Gasteiger partial charge on any atom is -0.388 e. The van der Waals surface area contributed by atoms with Gasteiger partial charge in [0, 0.05) is 13.1 Å². The standard InChI is InChI=1S/C15H22N2O/c1-17-10-7-15(18,8-11-17)14-13-5-3-2-4-12(13)6-9-16-14/h2-5,14,16,18H,6-11H2,1H3. The van der Waals surface area contributed by atoms with Crippen molar-refractivity contribution >= 4 is 0 Å². The molecular formula is C15H22N2O. The normalized spacial score (nSPS) is 27.8. The highest BCUT2D eigenvalue weighted by Gasteiger charge is 2.41. The quantitative estimate of drug-likeness (QED) is 0.785. The van der Waals surface area contributed by atoms with E-state index >= 15 is 0 Å². The third kappa shape index (κ3) is 2.07. The summed E-state index contributed by atoms with van der Waals surface area (Å²) in [7, 11) is 2.13. The maximum Gasteiger partial charge on any atom is 0.0866 e. The zero-order valence-corrected chi connectivity index (χ0v) is 11.0. The zero-order chi connectivity index (χ0) is 12.6. The highest BCUT2D eigenvalue weighted by molar-refractivity contribution is 5.34. The lowest BCUT2D eigenvalue weighted by atomic mass is 9.77. The van der Waals surface area contributed by atoms with Gasteiger partial charge in [-0.25, -0.2) is 0 Å². The van der Waals surface area contributed by atoms with Crippen LogP contribution in [0.1, 0.15) is 30.0 Å². The van der Waals surface area contributed by atoms with Gasteiger partial charge in [-0.3, -0.25) is 0 Å². The number of hydrogen-bond acceptors (Lipinski definition) is 3. The van der Waals surface area contributed by atoms with Gasteiger partial charge in [0.25, 0.3) is 0 Å². The molecule has 1 fully saturated rings. The van der Waals surface area contributed by atoms with Crippen molar-refractivity contribution in [1.29, 1.82) is 0 Å². The molecule has 2 N–H and O–H groups in total. The summed E-state index contributed by atoms with van der Waals surface area (Å²) in [6.07, 6.45) is 2.79. The molecule has 1 aromatic rings. The number of benzene rings is 1. The molecule has 2 aliphatic heterocycles. The van der Waals surface area contributed by atoms with Crippen LogP contribution in [-0.2, 0) is 6.42 Å². The largest absolute Gasteiger partial charge is 0.388 e. The number of fused-ring (bicyclic) bond motifs is 1. The van der Waals surface area contributed by atoms with Gasteiger partial charge in [0.15, 0.2) is 0 Å². The lowest BCUT2D eigenvalue weighted by molar-refractivity contribution is -0.0486. The minimum atomic E-state index is -0.580. The summed E-state index contributed by atoms with van der Waals surface area (Å²) in [6.45, 7) is 2.94. The van der Waals surface area contributed by atoms with Gasteiger partial charge in [0.2, 0.25) is 0 Å². The van der Waals surface area contributed by atoms with E-state index in [4.69, 9.17) is 0 Å². The van der Waals surface area contributed by atoms with Gasteiger partial charge in [-0.1, -0.05) is 24.3 Å². The van der Waals surface area contributed by atoms with Gasteiger partial charge in [-0.05, 0) is 44.0 Å². The molecule has 1 unspecified atom stereocenters. The Labute approximate surface area is 109 Å². The fraction of sp³-hybridized carbons (Fsp3) is 0.600. The van der Waals surface area contributed by atoms with Crippen LogP contribution in [0.25, 0.3) is 0 Å². The molecule has 18 heavy (non-hydrogen) atoms. The van der Waals surface area contributed by atoms with Gasteiger partial charge in [-0.15, -0.1) is 0 Å². The van der Waals surface area contributed by atoms with E-state index in [1.807, 2.05) is 0 Å². The van der Waals surface area contributed by atoms with Crippen LogP contribution >= 0.6 is 0 Å². The summed E-state index contributed by atoms with van der Waals surface area (Å²) in [5, 5.41) is 14.5. The number of hydrogen-bond donors (Lipinski definition) is 2. The van der Waals surface area contributed by atoms with Crippen LogP contribution in [0.2, 0.25) is 0 Å². The summed E-state index contributed by atoms with van der Waals surface area (Å²) in [5.41, 5.74) is 2.12. The molecule has 1 atom stereocenters. The molecule has 0 spiro atoms. The average Bonchev–Trinajstić information content (AvgIpc) is 2.42. The molecule has 3 rings (SSSR count). The number of nitrogens with zero attached hydrogens (tertiary/aromatic N) is 1. The first kappa shape index (κ1) is 12.2. The number of piperidine rings is 1. The Hall–Kier alpha value is -0.900. The predicted octanol–water partition coefficient (Wildman–Crippen LogP) is 1.33. The van der Waals surface area contributed by atoms with Crippen LogP contribution in [0.4, 0.5) is 0 Å². The van der Waals surface area contributed by atoms with Gasteiger partial charge in [0.05, 0.1) is 11.6 Å². The average molecular weight is 246 g/mol. The number of nitrogens with one attached hydrogen (secondary N) is 1. The van der Waals surface area contributed by atoms with Crippen LogP contribution in [0.5, 0.6) is 0 Å². The lowest BCUT2D eigenvalue weighted by Crippen LogP contribution is -2.52. The monoisotopic (exact) mass is 246 g/mol. The van der Waals surface area contributed by atoms with E-state index in [1.54, 1.807) is 0 Å². The highest BCUT2D eigenvalue weighted by Crippen LogP contribution is 2.37. The Morgan fingerprint density at radius 2 is 2.00 bits per heavy atom. The van der Waals surface area contributed by atoms with E-state index in [9.17, 15) is 5.11 Å². The van der Waals surface area contributed by atoms with Crippen molar-refractivity contribution in [2.24, 2.45) is 0 Å². The molecule has 0 aromatic heterocycles.